The molecule has 3 rings (SSSR count). The number of hydrogen-bond acceptors (Lipinski definition) is 4. The third-order valence-electron chi connectivity index (χ3n) is 3.59. The van der Waals surface area contributed by atoms with E-state index < -0.39 is 5.82 Å². The van der Waals surface area contributed by atoms with E-state index in [9.17, 15) is 9.18 Å². The maximum atomic E-state index is 13.4. The van der Waals surface area contributed by atoms with Crippen molar-refractivity contribution >= 4 is 22.4 Å². The van der Waals surface area contributed by atoms with Crippen LogP contribution in [0.2, 0.25) is 0 Å². The largest absolute Gasteiger partial charge is 0.346 e. The molecule has 1 amide bonds. The van der Waals surface area contributed by atoms with E-state index in [-0.39, 0.29) is 17.5 Å². The highest BCUT2D eigenvalue weighted by Gasteiger charge is 2.25. The van der Waals surface area contributed by atoms with Gasteiger partial charge in [0.05, 0.1) is 11.3 Å². The predicted octanol–water partition coefficient (Wildman–Crippen LogP) is 2.34. The number of aromatic nitrogens is 1. The summed E-state index contributed by atoms with van der Waals surface area (Å²) in [5.41, 5.74) is 1.24. The molecule has 1 aromatic heterocycles. The van der Waals surface area contributed by atoms with Crippen molar-refractivity contribution in [2.75, 3.05) is 18.0 Å². The summed E-state index contributed by atoms with van der Waals surface area (Å²) in [7, 11) is 0. The number of anilines is 1. The molecule has 118 valence electrons. The number of amides is 1. The van der Waals surface area contributed by atoms with E-state index in [2.05, 4.69) is 27.0 Å². The molecule has 0 saturated carbocycles. The van der Waals surface area contributed by atoms with Crippen molar-refractivity contribution < 1.29 is 9.18 Å². The standard InChI is InChI=1S/C17H16FN3OS/c1-12-11-23-17(19-12)21-9-8-14(10-21)20-16(22)7-6-13-4-2-3-5-15(13)18/h2-5,11,14H,8-10H2,1H3,(H,20,22). The van der Waals surface area contributed by atoms with E-state index in [0.29, 0.717) is 0 Å². The van der Waals surface area contributed by atoms with Gasteiger partial charge >= 0.3 is 0 Å². The summed E-state index contributed by atoms with van der Waals surface area (Å²) < 4.78 is 13.4. The minimum absolute atomic E-state index is 0.0432. The van der Waals surface area contributed by atoms with Gasteiger partial charge in [0.25, 0.3) is 5.91 Å². The number of carbonyl (C=O) groups excluding carboxylic acids is 1. The van der Waals surface area contributed by atoms with Crippen molar-refractivity contribution in [2.45, 2.75) is 19.4 Å². The second kappa shape index (κ2) is 6.80. The molecule has 1 saturated heterocycles. The zero-order valence-electron chi connectivity index (χ0n) is 12.7. The first-order chi connectivity index (χ1) is 11.1. The molecule has 0 bridgehead atoms. The first-order valence-electron chi connectivity index (χ1n) is 7.36. The fourth-order valence-corrected chi connectivity index (χ4v) is 3.29. The molecule has 4 nitrogen and oxygen atoms in total. The van der Waals surface area contributed by atoms with Gasteiger partial charge in [-0.3, -0.25) is 4.79 Å². The molecule has 1 fully saturated rings. The lowest BCUT2D eigenvalue weighted by molar-refractivity contribution is -0.116. The van der Waals surface area contributed by atoms with Crippen LogP contribution >= 0.6 is 11.3 Å². The van der Waals surface area contributed by atoms with E-state index in [4.69, 9.17) is 0 Å². The number of halogens is 1. The van der Waals surface area contributed by atoms with Crippen molar-refractivity contribution in [1.29, 1.82) is 0 Å². The van der Waals surface area contributed by atoms with Gasteiger partial charge < -0.3 is 10.2 Å². The number of hydrogen-bond donors (Lipinski definition) is 1. The number of carbonyl (C=O) groups is 1. The van der Waals surface area contributed by atoms with Crippen molar-refractivity contribution in [3.05, 3.63) is 46.7 Å². The van der Waals surface area contributed by atoms with Crippen LogP contribution in [-0.4, -0.2) is 30.0 Å². The quantitative estimate of drug-likeness (QED) is 0.860. The molecule has 1 aliphatic rings. The van der Waals surface area contributed by atoms with Gasteiger partial charge in [0, 0.05) is 30.4 Å². The topological polar surface area (TPSA) is 45.2 Å². The Hall–Kier alpha value is -2.39. The number of aryl methyl sites for hydroxylation is 1. The third-order valence-corrected chi connectivity index (χ3v) is 4.60. The summed E-state index contributed by atoms with van der Waals surface area (Å²) in [6.07, 6.45) is 0.853. The second-order valence-electron chi connectivity index (χ2n) is 5.41. The van der Waals surface area contributed by atoms with Crippen molar-refractivity contribution in [3.63, 3.8) is 0 Å². The van der Waals surface area contributed by atoms with Crippen molar-refractivity contribution in [2.24, 2.45) is 0 Å². The Morgan fingerprint density at radius 2 is 2.30 bits per heavy atom. The highest BCUT2D eigenvalue weighted by Crippen LogP contribution is 2.24. The highest BCUT2D eigenvalue weighted by atomic mass is 32.1. The summed E-state index contributed by atoms with van der Waals surface area (Å²) in [6, 6.07) is 6.20. The van der Waals surface area contributed by atoms with Crippen LogP contribution in [0.1, 0.15) is 17.7 Å². The average Bonchev–Trinajstić information content (AvgIpc) is 3.15. The van der Waals surface area contributed by atoms with Crippen LogP contribution in [-0.2, 0) is 4.79 Å². The van der Waals surface area contributed by atoms with Crippen molar-refractivity contribution in [3.8, 4) is 11.8 Å². The molecule has 1 N–H and O–H groups in total. The van der Waals surface area contributed by atoms with Gasteiger partial charge in [-0.1, -0.05) is 18.1 Å². The Morgan fingerprint density at radius 1 is 1.48 bits per heavy atom. The molecule has 0 spiro atoms. The summed E-state index contributed by atoms with van der Waals surface area (Å²) in [5.74, 6) is 4.23. The Morgan fingerprint density at radius 3 is 3.04 bits per heavy atom. The molecule has 1 aliphatic heterocycles. The number of rotatable bonds is 2. The summed E-state index contributed by atoms with van der Waals surface area (Å²) in [5, 5.41) is 5.87. The third kappa shape index (κ3) is 3.88. The van der Waals surface area contributed by atoms with Gasteiger partial charge in [-0.2, -0.15) is 0 Å². The first kappa shape index (κ1) is 15.5. The molecule has 2 aromatic rings. The van der Waals surface area contributed by atoms with Crippen LogP contribution in [0.3, 0.4) is 0 Å². The van der Waals surface area contributed by atoms with E-state index in [1.54, 1.807) is 29.5 Å². The first-order valence-corrected chi connectivity index (χ1v) is 8.24. The van der Waals surface area contributed by atoms with Crippen LogP contribution in [0.15, 0.2) is 29.6 Å². The lowest BCUT2D eigenvalue weighted by atomic mass is 10.2. The Labute approximate surface area is 138 Å². The fraction of sp³-hybridized carbons (Fsp3) is 0.294. The molecule has 1 unspecified atom stereocenters. The number of nitrogens with zero attached hydrogens (tertiary/aromatic N) is 2. The Balaban J connectivity index is 1.56. The van der Waals surface area contributed by atoms with E-state index in [0.717, 1.165) is 30.3 Å². The zero-order chi connectivity index (χ0) is 16.2. The van der Waals surface area contributed by atoms with Crippen LogP contribution in [0.25, 0.3) is 0 Å². The molecule has 1 atom stereocenters. The maximum absolute atomic E-state index is 13.4. The normalized spacial score (nSPS) is 16.8. The highest BCUT2D eigenvalue weighted by molar-refractivity contribution is 7.13. The van der Waals surface area contributed by atoms with Crippen LogP contribution in [0, 0.1) is 24.6 Å². The average molecular weight is 329 g/mol. The molecule has 1 aromatic carbocycles. The number of nitrogens with one attached hydrogen (secondary N) is 1. The summed E-state index contributed by atoms with van der Waals surface area (Å²) >= 11 is 1.61. The summed E-state index contributed by atoms with van der Waals surface area (Å²) in [4.78, 5) is 18.5. The van der Waals surface area contributed by atoms with Gasteiger partial charge in [0.15, 0.2) is 5.13 Å². The lowest BCUT2D eigenvalue weighted by Crippen LogP contribution is -2.36. The number of benzene rings is 1. The van der Waals surface area contributed by atoms with Crippen LogP contribution in [0.5, 0.6) is 0 Å². The van der Waals surface area contributed by atoms with Crippen LogP contribution < -0.4 is 10.2 Å². The zero-order valence-corrected chi connectivity index (χ0v) is 13.5. The maximum Gasteiger partial charge on any atom is 0.296 e. The van der Waals surface area contributed by atoms with Gasteiger partial charge in [-0.15, -0.1) is 11.3 Å². The van der Waals surface area contributed by atoms with E-state index >= 15 is 0 Å². The predicted molar refractivity (Wildman–Crippen MR) is 88.9 cm³/mol. The Kier molecular flexibility index (Phi) is 4.58. The smallest absolute Gasteiger partial charge is 0.296 e. The van der Waals surface area contributed by atoms with Crippen LogP contribution in [0.4, 0.5) is 9.52 Å². The molecule has 0 aliphatic carbocycles. The fourth-order valence-electron chi connectivity index (χ4n) is 2.45. The minimum Gasteiger partial charge on any atom is -0.346 e. The van der Waals surface area contributed by atoms with Gasteiger partial charge in [0.1, 0.15) is 5.82 Å². The Bertz CT molecular complexity index is 777. The van der Waals surface area contributed by atoms with Gasteiger partial charge in [-0.25, -0.2) is 9.37 Å². The van der Waals surface area contributed by atoms with Gasteiger partial charge in [-0.05, 0) is 25.5 Å². The number of thiazole rings is 1. The van der Waals surface area contributed by atoms with E-state index in [1.807, 2.05) is 12.3 Å². The van der Waals surface area contributed by atoms with Crippen molar-refractivity contribution in [1.82, 2.24) is 10.3 Å². The lowest BCUT2D eigenvalue weighted by Gasteiger charge is -2.14. The molecule has 23 heavy (non-hydrogen) atoms. The second-order valence-corrected chi connectivity index (χ2v) is 6.24. The molecule has 2 heterocycles. The summed E-state index contributed by atoms with van der Waals surface area (Å²) in [6.45, 7) is 3.55. The van der Waals surface area contributed by atoms with Gasteiger partial charge in [0.2, 0.25) is 0 Å². The molecule has 6 heteroatoms. The molecular formula is C17H16FN3OS. The molecular weight excluding hydrogens is 313 g/mol. The SMILES string of the molecule is Cc1csc(N2CCC(NC(=O)C#Cc3ccccc3F)C2)n1. The molecule has 0 radical (unpaired) electrons. The van der Waals surface area contributed by atoms with E-state index in [1.165, 1.54) is 6.07 Å². The monoisotopic (exact) mass is 329 g/mol. The minimum atomic E-state index is -0.418.